The summed E-state index contributed by atoms with van der Waals surface area (Å²) in [5.41, 5.74) is 1.32. The summed E-state index contributed by atoms with van der Waals surface area (Å²) in [4.78, 5) is 2.04. The van der Waals surface area contributed by atoms with Crippen LogP contribution in [0.25, 0.3) is 0 Å². The highest BCUT2D eigenvalue weighted by Gasteiger charge is 1.94. The van der Waals surface area contributed by atoms with Crippen molar-refractivity contribution >= 4 is 0 Å². The van der Waals surface area contributed by atoms with Crippen LogP contribution in [0, 0.1) is 7.05 Å². The Morgan fingerprint density at radius 3 is 2.45 bits per heavy atom. The molecule has 0 bridgehead atoms. The van der Waals surface area contributed by atoms with E-state index in [0.717, 1.165) is 13.1 Å². The Balaban J connectivity index is 2.51. The fourth-order valence-corrected chi connectivity index (χ4v) is 0.953. The summed E-state index contributed by atoms with van der Waals surface area (Å²) in [6.07, 6.45) is 0. The Bertz CT molecular complexity index is 193. The van der Waals surface area contributed by atoms with E-state index < -0.39 is 0 Å². The molecular weight excluding hydrogens is 134 g/mol. The Morgan fingerprint density at radius 2 is 1.91 bits per heavy atom. The highest BCUT2D eigenvalue weighted by atomic mass is 15.1. The molecule has 1 rings (SSSR count). The van der Waals surface area contributed by atoms with Crippen LogP contribution in [-0.2, 0) is 6.54 Å². The summed E-state index contributed by atoms with van der Waals surface area (Å²) in [6.45, 7) is 4.04. The van der Waals surface area contributed by atoms with E-state index in [2.05, 4.69) is 38.2 Å². The normalized spacial score (nSPS) is 10.5. The Hall–Kier alpha value is -0.820. The van der Waals surface area contributed by atoms with Gasteiger partial charge in [0.25, 0.3) is 0 Å². The third-order valence-corrected chi connectivity index (χ3v) is 1.70. The molecule has 0 saturated carbocycles. The van der Waals surface area contributed by atoms with Crippen molar-refractivity contribution in [1.82, 2.24) is 4.90 Å². The fourth-order valence-electron chi connectivity index (χ4n) is 0.953. The first-order chi connectivity index (χ1) is 5.33. The van der Waals surface area contributed by atoms with Crippen molar-refractivity contribution < 1.29 is 0 Å². The summed E-state index contributed by atoms with van der Waals surface area (Å²) >= 11 is 0. The monoisotopic (exact) mass is 148 g/mol. The highest BCUT2D eigenvalue weighted by Crippen LogP contribution is 2.01. The summed E-state index contributed by atoms with van der Waals surface area (Å²) in [5.74, 6) is 0. The van der Waals surface area contributed by atoms with Crippen molar-refractivity contribution in [3.05, 3.63) is 42.9 Å². The highest BCUT2D eigenvalue weighted by molar-refractivity contribution is 5.14. The first-order valence-electron chi connectivity index (χ1n) is 3.92. The molecule has 0 spiro atoms. The van der Waals surface area contributed by atoms with Gasteiger partial charge in [-0.25, -0.2) is 0 Å². The third-order valence-electron chi connectivity index (χ3n) is 1.70. The van der Waals surface area contributed by atoms with Crippen LogP contribution in [0.3, 0.4) is 0 Å². The van der Waals surface area contributed by atoms with Gasteiger partial charge in [-0.05, 0) is 12.1 Å². The molecule has 0 aliphatic rings. The zero-order valence-corrected chi connectivity index (χ0v) is 6.96. The zero-order chi connectivity index (χ0) is 8.10. The summed E-state index contributed by atoms with van der Waals surface area (Å²) in [7, 11) is 3.89. The van der Waals surface area contributed by atoms with Crippen LogP contribution in [0.5, 0.6) is 0 Å². The molecule has 1 heteroatoms. The van der Waals surface area contributed by atoms with Crippen LogP contribution >= 0.6 is 0 Å². The van der Waals surface area contributed by atoms with E-state index in [1.54, 1.807) is 0 Å². The van der Waals surface area contributed by atoms with Gasteiger partial charge in [0.15, 0.2) is 0 Å². The maximum atomic E-state index is 3.89. The second-order valence-electron chi connectivity index (χ2n) is 2.63. The maximum absolute atomic E-state index is 3.89. The molecule has 11 heavy (non-hydrogen) atoms. The molecule has 0 heterocycles. The van der Waals surface area contributed by atoms with E-state index in [0.29, 0.717) is 0 Å². The molecule has 0 N–H and O–H groups in total. The van der Waals surface area contributed by atoms with Gasteiger partial charge in [-0.2, -0.15) is 0 Å². The van der Waals surface area contributed by atoms with E-state index in [4.69, 9.17) is 0 Å². The second kappa shape index (κ2) is 4.14. The molecule has 0 aromatic heterocycles. The van der Waals surface area contributed by atoms with Crippen molar-refractivity contribution in [3.8, 4) is 0 Å². The maximum Gasteiger partial charge on any atom is 0.0234 e. The number of rotatable bonds is 3. The number of hydrogen-bond donors (Lipinski definition) is 0. The van der Waals surface area contributed by atoms with Gasteiger partial charge in [0, 0.05) is 13.6 Å². The van der Waals surface area contributed by atoms with Crippen LogP contribution in [0.1, 0.15) is 12.5 Å². The molecule has 0 amide bonds. The molecule has 0 unspecified atom stereocenters. The molecule has 0 fully saturated rings. The number of hydrogen-bond acceptors (Lipinski definition) is 1. The SMILES string of the molecule is [CH2]N(CC)Cc1ccccc1. The summed E-state index contributed by atoms with van der Waals surface area (Å²) in [5, 5.41) is 0. The van der Waals surface area contributed by atoms with Crippen molar-refractivity contribution in [2.24, 2.45) is 0 Å². The molecule has 0 saturated heterocycles. The largest absolute Gasteiger partial charge is 0.298 e. The van der Waals surface area contributed by atoms with Crippen molar-refractivity contribution in [2.45, 2.75) is 13.5 Å². The Kier molecular flexibility index (Phi) is 3.12. The minimum Gasteiger partial charge on any atom is -0.298 e. The lowest BCUT2D eigenvalue weighted by atomic mass is 10.2. The fraction of sp³-hybridized carbons (Fsp3) is 0.300. The van der Waals surface area contributed by atoms with Gasteiger partial charge in [-0.1, -0.05) is 37.3 Å². The first-order valence-corrected chi connectivity index (χ1v) is 3.92. The van der Waals surface area contributed by atoms with Crippen LogP contribution in [0.15, 0.2) is 30.3 Å². The van der Waals surface area contributed by atoms with Gasteiger partial charge in [0.1, 0.15) is 0 Å². The minimum atomic E-state index is 0.942. The minimum absolute atomic E-state index is 0.942. The average Bonchev–Trinajstić information content (AvgIpc) is 2.06. The molecule has 1 aromatic rings. The number of nitrogens with zero attached hydrogens (tertiary/aromatic N) is 1. The first kappa shape index (κ1) is 8.28. The van der Waals surface area contributed by atoms with Gasteiger partial charge in [0.2, 0.25) is 0 Å². The van der Waals surface area contributed by atoms with Crippen molar-refractivity contribution in [2.75, 3.05) is 6.54 Å². The van der Waals surface area contributed by atoms with Crippen LogP contribution in [0.2, 0.25) is 0 Å². The average molecular weight is 148 g/mol. The molecular formula is C10H14N. The molecule has 0 aliphatic carbocycles. The van der Waals surface area contributed by atoms with Crippen LogP contribution in [0.4, 0.5) is 0 Å². The number of benzene rings is 1. The second-order valence-corrected chi connectivity index (χ2v) is 2.63. The molecule has 59 valence electrons. The van der Waals surface area contributed by atoms with Crippen LogP contribution in [-0.4, -0.2) is 11.4 Å². The third kappa shape index (κ3) is 2.72. The molecule has 0 aliphatic heterocycles. The van der Waals surface area contributed by atoms with E-state index in [1.807, 2.05) is 11.0 Å². The lowest BCUT2D eigenvalue weighted by Gasteiger charge is -2.12. The lowest BCUT2D eigenvalue weighted by Crippen LogP contribution is -2.13. The van der Waals surface area contributed by atoms with Crippen LogP contribution < -0.4 is 0 Å². The van der Waals surface area contributed by atoms with Crippen molar-refractivity contribution in [3.63, 3.8) is 0 Å². The summed E-state index contributed by atoms with van der Waals surface area (Å²) in [6, 6.07) is 10.4. The van der Waals surface area contributed by atoms with Gasteiger partial charge < -0.3 is 0 Å². The van der Waals surface area contributed by atoms with Gasteiger partial charge in [-0.3, -0.25) is 4.90 Å². The molecule has 0 atom stereocenters. The van der Waals surface area contributed by atoms with Crippen molar-refractivity contribution in [1.29, 1.82) is 0 Å². The van der Waals surface area contributed by atoms with E-state index in [-0.39, 0.29) is 0 Å². The Morgan fingerprint density at radius 1 is 1.27 bits per heavy atom. The Labute approximate surface area is 68.7 Å². The zero-order valence-electron chi connectivity index (χ0n) is 6.96. The van der Waals surface area contributed by atoms with Gasteiger partial charge >= 0.3 is 0 Å². The van der Waals surface area contributed by atoms with Gasteiger partial charge in [0.05, 0.1) is 0 Å². The lowest BCUT2D eigenvalue weighted by molar-refractivity contribution is 0.384. The molecule has 1 nitrogen and oxygen atoms in total. The van der Waals surface area contributed by atoms with Gasteiger partial charge in [-0.15, -0.1) is 0 Å². The molecule has 1 radical (unpaired) electrons. The quantitative estimate of drug-likeness (QED) is 0.635. The topological polar surface area (TPSA) is 3.24 Å². The molecule has 1 aromatic carbocycles. The smallest absolute Gasteiger partial charge is 0.0234 e. The van der Waals surface area contributed by atoms with E-state index >= 15 is 0 Å². The van der Waals surface area contributed by atoms with E-state index in [1.165, 1.54) is 5.56 Å². The predicted molar refractivity (Wildman–Crippen MR) is 47.9 cm³/mol. The standard InChI is InChI=1S/C10H14N/c1-3-11(2)9-10-7-5-4-6-8-10/h4-8H,2-3,9H2,1H3. The predicted octanol–water partition coefficient (Wildman–Crippen LogP) is 2.30. The summed E-state index contributed by atoms with van der Waals surface area (Å²) < 4.78 is 0. The van der Waals surface area contributed by atoms with E-state index in [9.17, 15) is 0 Å².